The maximum atomic E-state index is 12.7. The summed E-state index contributed by atoms with van der Waals surface area (Å²) in [6, 6.07) is 20.4. The fraction of sp³-hybridized carbons (Fsp3) is 0.0435. The summed E-state index contributed by atoms with van der Waals surface area (Å²) in [5.41, 5.74) is 3.67. The standard InChI is InChI=1S/C23H17N5O2/c29-22(26-13-17-8-4-5-11-24-17)16-9-10-18-19(12-16)28-20(23(30)27-18)14-25-21(28)15-6-2-1-3-7-15/h1-12,14H,13H2,(H,26,29)(H,27,30). The van der Waals surface area contributed by atoms with E-state index in [1.54, 1.807) is 35.0 Å². The second kappa shape index (κ2) is 7.29. The van der Waals surface area contributed by atoms with Gasteiger partial charge in [0.15, 0.2) is 0 Å². The largest absolute Gasteiger partial charge is 0.346 e. The minimum atomic E-state index is -0.232. The van der Waals surface area contributed by atoms with Gasteiger partial charge in [0.25, 0.3) is 11.5 Å². The monoisotopic (exact) mass is 395 g/mol. The zero-order valence-corrected chi connectivity index (χ0v) is 15.9. The molecule has 7 heteroatoms. The van der Waals surface area contributed by atoms with Crippen LogP contribution in [0.3, 0.4) is 0 Å². The van der Waals surface area contributed by atoms with Crippen molar-refractivity contribution in [2.24, 2.45) is 0 Å². The zero-order valence-electron chi connectivity index (χ0n) is 15.9. The maximum Gasteiger partial charge on any atom is 0.274 e. The average molecular weight is 395 g/mol. The van der Waals surface area contributed by atoms with Crippen LogP contribution in [-0.4, -0.2) is 25.3 Å². The Balaban J connectivity index is 1.60. The normalized spacial score (nSPS) is 11.1. The summed E-state index contributed by atoms with van der Waals surface area (Å²) in [5.74, 6) is 0.427. The lowest BCUT2D eigenvalue weighted by atomic mass is 10.1. The molecule has 0 aliphatic carbocycles. The number of fused-ring (bicyclic) bond motifs is 3. The van der Waals surface area contributed by atoms with Crippen LogP contribution in [0.15, 0.2) is 83.9 Å². The first-order valence-electron chi connectivity index (χ1n) is 9.48. The number of rotatable bonds is 4. The molecular weight excluding hydrogens is 378 g/mol. The van der Waals surface area contributed by atoms with E-state index in [1.807, 2.05) is 48.5 Å². The molecule has 5 aromatic rings. The molecule has 0 atom stereocenters. The minimum Gasteiger partial charge on any atom is -0.346 e. The lowest BCUT2D eigenvalue weighted by Crippen LogP contribution is -2.23. The van der Waals surface area contributed by atoms with Gasteiger partial charge < -0.3 is 10.3 Å². The van der Waals surface area contributed by atoms with Crippen molar-refractivity contribution in [2.45, 2.75) is 6.54 Å². The van der Waals surface area contributed by atoms with E-state index in [0.29, 0.717) is 34.5 Å². The molecule has 0 fully saturated rings. The van der Waals surface area contributed by atoms with Crippen LogP contribution in [0.25, 0.3) is 27.9 Å². The summed E-state index contributed by atoms with van der Waals surface area (Å²) in [7, 11) is 0. The molecule has 1 amide bonds. The summed E-state index contributed by atoms with van der Waals surface area (Å²) >= 11 is 0. The Bertz CT molecular complexity index is 1420. The molecule has 3 heterocycles. The molecule has 7 nitrogen and oxygen atoms in total. The number of carbonyl (C=O) groups is 1. The zero-order chi connectivity index (χ0) is 20.5. The number of imidazole rings is 1. The van der Waals surface area contributed by atoms with Crippen LogP contribution in [-0.2, 0) is 6.54 Å². The van der Waals surface area contributed by atoms with Gasteiger partial charge in [-0.2, -0.15) is 0 Å². The van der Waals surface area contributed by atoms with E-state index >= 15 is 0 Å². The number of hydrogen-bond acceptors (Lipinski definition) is 4. The average Bonchev–Trinajstić information content (AvgIpc) is 3.25. The second-order valence-electron chi connectivity index (χ2n) is 6.86. The van der Waals surface area contributed by atoms with Gasteiger partial charge in [-0.05, 0) is 30.3 Å². The maximum absolute atomic E-state index is 12.7. The first kappa shape index (κ1) is 17.8. The van der Waals surface area contributed by atoms with Crippen LogP contribution < -0.4 is 10.9 Å². The molecule has 2 N–H and O–H groups in total. The van der Waals surface area contributed by atoms with Gasteiger partial charge in [-0.15, -0.1) is 0 Å². The summed E-state index contributed by atoms with van der Waals surface area (Å²) < 4.78 is 1.79. The van der Waals surface area contributed by atoms with Crippen LogP contribution in [0, 0.1) is 0 Å². The fourth-order valence-corrected chi connectivity index (χ4v) is 3.47. The lowest BCUT2D eigenvalue weighted by Gasteiger charge is -2.09. The summed E-state index contributed by atoms with van der Waals surface area (Å²) in [6.07, 6.45) is 3.24. The highest BCUT2D eigenvalue weighted by atomic mass is 16.1. The van der Waals surface area contributed by atoms with Crippen LogP contribution in [0.5, 0.6) is 0 Å². The number of carbonyl (C=O) groups excluding carboxylic acids is 1. The third-order valence-electron chi connectivity index (χ3n) is 4.93. The Morgan fingerprint density at radius 2 is 1.80 bits per heavy atom. The number of benzene rings is 2. The molecule has 3 aromatic heterocycles. The van der Waals surface area contributed by atoms with Crippen molar-refractivity contribution in [3.8, 4) is 11.4 Å². The van der Waals surface area contributed by atoms with Gasteiger partial charge in [0.05, 0.1) is 29.5 Å². The quantitative estimate of drug-likeness (QED) is 0.489. The molecule has 146 valence electrons. The molecule has 0 unspecified atom stereocenters. The van der Waals surface area contributed by atoms with Crippen molar-refractivity contribution in [1.29, 1.82) is 0 Å². The molecule has 0 bridgehead atoms. The number of nitrogens with zero attached hydrogens (tertiary/aromatic N) is 3. The predicted molar refractivity (Wildman–Crippen MR) is 114 cm³/mol. The Hall–Kier alpha value is -4.26. The van der Waals surface area contributed by atoms with Crippen molar-refractivity contribution in [3.05, 3.63) is 101 Å². The highest BCUT2D eigenvalue weighted by Gasteiger charge is 2.14. The van der Waals surface area contributed by atoms with E-state index in [4.69, 9.17) is 0 Å². The molecule has 30 heavy (non-hydrogen) atoms. The number of H-pyrrole nitrogens is 1. The lowest BCUT2D eigenvalue weighted by molar-refractivity contribution is 0.0950. The van der Waals surface area contributed by atoms with E-state index in [-0.39, 0.29) is 11.5 Å². The van der Waals surface area contributed by atoms with Crippen molar-refractivity contribution in [3.63, 3.8) is 0 Å². The third-order valence-corrected chi connectivity index (χ3v) is 4.93. The molecule has 0 radical (unpaired) electrons. The van der Waals surface area contributed by atoms with Crippen molar-refractivity contribution in [1.82, 2.24) is 24.7 Å². The summed E-state index contributed by atoms with van der Waals surface area (Å²) in [6.45, 7) is 0.332. The van der Waals surface area contributed by atoms with Gasteiger partial charge >= 0.3 is 0 Å². The smallest absolute Gasteiger partial charge is 0.274 e. The first-order valence-corrected chi connectivity index (χ1v) is 9.48. The van der Waals surface area contributed by atoms with E-state index < -0.39 is 0 Å². The molecule has 0 saturated heterocycles. The first-order chi connectivity index (χ1) is 14.7. The molecule has 2 aromatic carbocycles. The van der Waals surface area contributed by atoms with E-state index in [2.05, 4.69) is 20.3 Å². The molecule has 0 saturated carbocycles. The fourth-order valence-electron chi connectivity index (χ4n) is 3.47. The minimum absolute atomic E-state index is 0.219. The second-order valence-corrected chi connectivity index (χ2v) is 6.86. The number of aromatic nitrogens is 4. The van der Waals surface area contributed by atoms with Crippen LogP contribution in [0.4, 0.5) is 0 Å². The van der Waals surface area contributed by atoms with Crippen molar-refractivity contribution < 1.29 is 4.79 Å². The number of hydrogen-bond donors (Lipinski definition) is 2. The van der Waals surface area contributed by atoms with Gasteiger partial charge in [0.1, 0.15) is 11.3 Å². The van der Waals surface area contributed by atoms with Gasteiger partial charge in [-0.25, -0.2) is 4.98 Å². The molecule has 0 aliphatic rings. The summed E-state index contributed by atoms with van der Waals surface area (Å²) in [4.78, 5) is 36.8. The van der Waals surface area contributed by atoms with Crippen LogP contribution >= 0.6 is 0 Å². The number of pyridine rings is 1. The highest BCUT2D eigenvalue weighted by Crippen LogP contribution is 2.23. The van der Waals surface area contributed by atoms with Gasteiger partial charge in [0.2, 0.25) is 0 Å². The van der Waals surface area contributed by atoms with Gasteiger partial charge in [-0.3, -0.25) is 19.0 Å². The number of aromatic amines is 1. The topological polar surface area (TPSA) is 92.1 Å². The Labute approximate surface area is 171 Å². The van der Waals surface area contributed by atoms with Crippen LogP contribution in [0.1, 0.15) is 16.1 Å². The van der Waals surface area contributed by atoms with Crippen molar-refractivity contribution >= 4 is 22.5 Å². The Morgan fingerprint density at radius 3 is 2.60 bits per heavy atom. The van der Waals surface area contributed by atoms with Crippen LogP contribution in [0.2, 0.25) is 0 Å². The van der Waals surface area contributed by atoms with Gasteiger partial charge in [-0.1, -0.05) is 36.4 Å². The molecule has 5 rings (SSSR count). The Kier molecular flexibility index (Phi) is 4.33. The SMILES string of the molecule is O=C(NCc1ccccn1)c1ccc2[nH]c(=O)c3cnc(-c4ccccc4)n3c2c1. The molecular formula is C23H17N5O2. The third kappa shape index (κ3) is 3.12. The molecule has 0 aliphatic heterocycles. The van der Waals surface area contributed by atoms with Crippen molar-refractivity contribution in [2.75, 3.05) is 0 Å². The number of amides is 1. The van der Waals surface area contributed by atoms with E-state index in [9.17, 15) is 9.59 Å². The van der Waals surface area contributed by atoms with E-state index in [1.165, 1.54) is 0 Å². The number of nitrogens with one attached hydrogen (secondary N) is 2. The van der Waals surface area contributed by atoms with E-state index in [0.717, 1.165) is 11.3 Å². The molecule has 0 spiro atoms. The summed E-state index contributed by atoms with van der Waals surface area (Å²) in [5, 5.41) is 2.88. The highest BCUT2D eigenvalue weighted by molar-refractivity contribution is 5.97. The predicted octanol–water partition coefficient (Wildman–Crippen LogP) is 3.17. The Morgan fingerprint density at radius 1 is 0.967 bits per heavy atom. The van der Waals surface area contributed by atoms with Gasteiger partial charge in [0, 0.05) is 17.3 Å².